The van der Waals surface area contributed by atoms with Crippen molar-refractivity contribution in [2.45, 2.75) is 45.4 Å². The van der Waals surface area contributed by atoms with E-state index in [9.17, 15) is 8.42 Å². The minimum atomic E-state index is -3.34. The third-order valence-electron chi connectivity index (χ3n) is 3.82. The van der Waals surface area contributed by atoms with Gasteiger partial charge in [0.2, 0.25) is 10.0 Å². The third-order valence-corrected chi connectivity index (χ3v) is 5.99. The SMILES string of the molecule is Cc1cc(C)c(S(=O)(=O)N2CCC[C@@H](C)C2)c(C)c1. The van der Waals surface area contributed by atoms with Crippen LogP contribution < -0.4 is 0 Å². The summed E-state index contributed by atoms with van der Waals surface area (Å²) in [6.45, 7) is 9.20. The number of piperidine rings is 1. The van der Waals surface area contributed by atoms with E-state index in [4.69, 9.17) is 0 Å². The summed E-state index contributed by atoms with van der Waals surface area (Å²) in [4.78, 5) is 0.507. The smallest absolute Gasteiger partial charge is 0.207 e. The number of sulfonamides is 1. The van der Waals surface area contributed by atoms with Gasteiger partial charge in [-0.05, 0) is 50.7 Å². The van der Waals surface area contributed by atoms with Crippen molar-refractivity contribution in [3.63, 3.8) is 0 Å². The zero-order chi connectivity index (χ0) is 14.2. The topological polar surface area (TPSA) is 37.4 Å². The minimum absolute atomic E-state index is 0.453. The summed E-state index contributed by atoms with van der Waals surface area (Å²) < 4.78 is 27.3. The molecule has 1 heterocycles. The molecule has 19 heavy (non-hydrogen) atoms. The summed E-state index contributed by atoms with van der Waals surface area (Å²) in [6.07, 6.45) is 2.09. The molecule has 1 saturated heterocycles. The number of benzene rings is 1. The lowest BCUT2D eigenvalue weighted by Crippen LogP contribution is -2.39. The van der Waals surface area contributed by atoms with Crippen molar-refractivity contribution in [1.29, 1.82) is 0 Å². The predicted octanol–water partition coefficient (Wildman–Crippen LogP) is 3.03. The molecular weight excluding hydrogens is 258 g/mol. The van der Waals surface area contributed by atoms with Crippen LogP contribution in [-0.4, -0.2) is 25.8 Å². The standard InChI is InChI=1S/C15H23NO2S/c1-11-6-5-7-16(10-11)19(17,18)15-13(3)8-12(2)9-14(15)4/h8-9,11H,5-7,10H2,1-4H3/t11-/m1/s1. The van der Waals surface area contributed by atoms with E-state index in [0.29, 0.717) is 23.9 Å². The molecule has 2 rings (SSSR count). The maximum atomic E-state index is 12.8. The Balaban J connectivity index is 2.45. The van der Waals surface area contributed by atoms with E-state index in [1.165, 1.54) is 0 Å². The molecule has 1 aromatic carbocycles. The van der Waals surface area contributed by atoms with Gasteiger partial charge in [-0.3, -0.25) is 0 Å². The molecule has 1 aliphatic heterocycles. The summed E-state index contributed by atoms with van der Waals surface area (Å²) in [5.41, 5.74) is 2.83. The maximum Gasteiger partial charge on any atom is 0.243 e. The molecule has 0 amide bonds. The Labute approximate surface area is 116 Å². The Morgan fingerprint density at radius 3 is 2.26 bits per heavy atom. The van der Waals surface area contributed by atoms with Crippen LogP contribution in [0.4, 0.5) is 0 Å². The van der Waals surface area contributed by atoms with Gasteiger partial charge in [0, 0.05) is 13.1 Å². The average Bonchev–Trinajstić information content (AvgIpc) is 2.26. The van der Waals surface area contributed by atoms with Gasteiger partial charge in [0.25, 0.3) is 0 Å². The lowest BCUT2D eigenvalue weighted by molar-refractivity contribution is 0.281. The Morgan fingerprint density at radius 1 is 1.16 bits per heavy atom. The van der Waals surface area contributed by atoms with E-state index in [1.807, 2.05) is 32.9 Å². The molecular formula is C15H23NO2S. The van der Waals surface area contributed by atoms with Crippen molar-refractivity contribution >= 4 is 10.0 Å². The number of aryl methyl sites for hydroxylation is 3. The van der Waals surface area contributed by atoms with E-state index in [0.717, 1.165) is 29.5 Å². The molecule has 0 unspecified atom stereocenters. The molecule has 0 radical (unpaired) electrons. The second-order valence-electron chi connectivity index (χ2n) is 5.84. The molecule has 106 valence electrons. The molecule has 0 aromatic heterocycles. The number of rotatable bonds is 2. The van der Waals surface area contributed by atoms with Crippen LogP contribution in [0.15, 0.2) is 17.0 Å². The molecule has 0 spiro atoms. The minimum Gasteiger partial charge on any atom is -0.207 e. The van der Waals surface area contributed by atoms with E-state index in [-0.39, 0.29) is 0 Å². The quantitative estimate of drug-likeness (QED) is 0.835. The first-order valence-electron chi connectivity index (χ1n) is 6.90. The first kappa shape index (κ1) is 14.5. The van der Waals surface area contributed by atoms with Crippen LogP contribution in [0.5, 0.6) is 0 Å². The van der Waals surface area contributed by atoms with Gasteiger partial charge in [0.15, 0.2) is 0 Å². The van der Waals surface area contributed by atoms with E-state index >= 15 is 0 Å². The van der Waals surface area contributed by atoms with Gasteiger partial charge in [0.1, 0.15) is 0 Å². The first-order valence-corrected chi connectivity index (χ1v) is 8.34. The fraction of sp³-hybridized carbons (Fsp3) is 0.600. The summed E-state index contributed by atoms with van der Waals surface area (Å²) in [5, 5.41) is 0. The van der Waals surface area contributed by atoms with Gasteiger partial charge in [-0.25, -0.2) is 8.42 Å². The van der Waals surface area contributed by atoms with Gasteiger partial charge in [-0.15, -0.1) is 0 Å². The summed E-state index contributed by atoms with van der Waals surface area (Å²) in [5.74, 6) is 0.453. The fourth-order valence-electron chi connectivity index (χ4n) is 3.07. The Hall–Kier alpha value is -0.870. The second kappa shape index (κ2) is 5.25. The maximum absolute atomic E-state index is 12.8. The van der Waals surface area contributed by atoms with Crippen LogP contribution in [0.2, 0.25) is 0 Å². The monoisotopic (exact) mass is 281 g/mol. The van der Waals surface area contributed by atoms with Crippen LogP contribution in [0.25, 0.3) is 0 Å². The van der Waals surface area contributed by atoms with Crippen molar-refractivity contribution in [2.24, 2.45) is 5.92 Å². The van der Waals surface area contributed by atoms with Gasteiger partial charge in [-0.1, -0.05) is 24.6 Å². The molecule has 3 nitrogen and oxygen atoms in total. The predicted molar refractivity (Wildman–Crippen MR) is 77.8 cm³/mol. The Morgan fingerprint density at radius 2 is 1.74 bits per heavy atom. The van der Waals surface area contributed by atoms with Crippen LogP contribution in [0, 0.1) is 26.7 Å². The van der Waals surface area contributed by atoms with Crippen molar-refractivity contribution in [1.82, 2.24) is 4.31 Å². The van der Waals surface area contributed by atoms with Crippen LogP contribution >= 0.6 is 0 Å². The zero-order valence-corrected chi connectivity index (χ0v) is 13.0. The molecule has 0 saturated carbocycles. The number of nitrogens with zero attached hydrogens (tertiary/aromatic N) is 1. The number of hydrogen-bond acceptors (Lipinski definition) is 2. The van der Waals surface area contributed by atoms with Gasteiger partial charge in [-0.2, -0.15) is 4.31 Å². The highest BCUT2D eigenvalue weighted by molar-refractivity contribution is 7.89. The van der Waals surface area contributed by atoms with Crippen LogP contribution in [-0.2, 0) is 10.0 Å². The summed E-state index contributed by atoms with van der Waals surface area (Å²) in [6, 6.07) is 3.90. The van der Waals surface area contributed by atoms with E-state index in [2.05, 4.69) is 6.92 Å². The highest BCUT2D eigenvalue weighted by atomic mass is 32.2. The number of hydrogen-bond donors (Lipinski definition) is 0. The summed E-state index contributed by atoms with van der Waals surface area (Å²) in [7, 11) is -3.34. The van der Waals surface area contributed by atoms with Gasteiger partial charge in [0.05, 0.1) is 4.90 Å². The van der Waals surface area contributed by atoms with E-state index < -0.39 is 10.0 Å². The molecule has 1 fully saturated rings. The van der Waals surface area contributed by atoms with Crippen molar-refractivity contribution in [3.8, 4) is 0 Å². The fourth-order valence-corrected chi connectivity index (χ4v) is 5.08. The van der Waals surface area contributed by atoms with Gasteiger partial charge < -0.3 is 0 Å². The van der Waals surface area contributed by atoms with Crippen LogP contribution in [0.1, 0.15) is 36.5 Å². The van der Waals surface area contributed by atoms with E-state index in [1.54, 1.807) is 4.31 Å². The first-order chi connectivity index (χ1) is 8.82. The summed E-state index contributed by atoms with van der Waals surface area (Å²) >= 11 is 0. The van der Waals surface area contributed by atoms with Crippen LogP contribution in [0.3, 0.4) is 0 Å². The molecule has 1 atom stereocenters. The van der Waals surface area contributed by atoms with Crippen molar-refractivity contribution < 1.29 is 8.42 Å². The Bertz CT molecular complexity index is 555. The van der Waals surface area contributed by atoms with Crippen molar-refractivity contribution in [3.05, 3.63) is 28.8 Å². The second-order valence-corrected chi connectivity index (χ2v) is 7.71. The molecule has 0 bridgehead atoms. The third kappa shape index (κ3) is 2.84. The molecule has 1 aliphatic rings. The highest BCUT2D eigenvalue weighted by Gasteiger charge is 2.30. The Kier molecular flexibility index (Phi) is 4.02. The zero-order valence-electron chi connectivity index (χ0n) is 12.2. The molecule has 0 N–H and O–H groups in total. The molecule has 0 aliphatic carbocycles. The lowest BCUT2D eigenvalue weighted by atomic mass is 10.0. The average molecular weight is 281 g/mol. The van der Waals surface area contributed by atoms with Crippen molar-refractivity contribution in [2.75, 3.05) is 13.1 Å². The largest absolute Gasteiger partial charge is 0.243 e. The lowest BCUT2D eigenvalue weighted by Gasteiger charge is -2.31. The normalized spacial score (nSPS) is 21.6. The molecule has 4 heteroatoms. The van der Waals surface area contributed by atoms with Gasteiger partial charge >= 0.3 is 0 Å². The highest BCUT2D eigenvalue weighted by Crippen LogP contribution is 2.28. The molecule has 1 aromatic rings.